The van der Waals surface area contributed by atoms with Gasteiger partial charge in [-0.15, -0.1) is 0 Å². The van der Waals surface area contributed by atoms with E-state index in [1.807, 2.05) is 6.07 Å². The van der Waals surface area contributed by atoms with Crippen molar-refractivity contribution in [2.75, 3.05) is 14.1 Å². The Morgan fingerprint density at radius 2 is 1.59 bits per heavy atom. The number of nitrogens with zero attached hydrogens (tertiary/aromatic N) is 1. The van der Waals surface area contributed by atoms with E-state index >= 15 is 0 Å². The molecular formula is C17H16BrNO3. The fraction of sp³-hybridized carbons (Fsp3) is 0.176. The van der Waals surface area contributed by atoms with Crippen LogP contribution in [0.3, 0.4) is 0 Å². The largest absolute Gasteiger partial charge is 0.444 e. The Bertz CT molecular complexity index is 653. The molecule has 1 amide bonds. The van der Waals surface area contributed by atoms with E-state index in [0.717, 1.165) is 4.47 Å². The molecule has 0 radical (unpaired) electrons. The van der Waals surface area contributed by atoms with Crippen molar-refractivity contribution in [1.82, 2.24) is 4.90 Å². The molecule has 0 bridgehead atoms. The number of carbonyl (C=O) groups excluding carboxylic acids is 2. The molecule has 0 aromatic heterocycles. The van der Waals surface area contributed by atoms with Crippen molar-refractivity contribution < 1.29 is 14.3 Å². The zero-order valence-corrected chi connectivity index (χ0v) is 13.9. The van der Waals surface area contributed by atoms with E-state index < -0.39 is 12.1 Å². The van der Waals surface area contributed by atoms with Crippen molar-refractivity contribution in [3.63, 3.8) is 0 Å². The molecule has 0 N–H and O–H groups in total. The molecule has 2 aromatic carbocycles. The SMILES string of the molecule is CN(C)C(=O)C(OC(=O)c1ccc(Br)cc1)c1ccccc1. The highest BCUT2D eigenvalue weighted by atomic mass is 79.9. The van der Waals surface area contributed by atoms with Crippen LogP contribution in [0.5, 0.6) is 0 Å². The van der Waals surface area contributed by atoms with Gasteiger partial charge in [-0.25, -0.2) is 4.79 Å². The first-order valence-electron chi connectivity index (χ1n) is 6.71. The lowest BCUT2D eigenvalue weighted by molar-refractivity contribution is -0.138. The Balaban J connectivity index is 2.25. The fourth-order valence-electron chi connectivity index (χ4n) is 1.88. The Morgan fingerprint density at radius 1 is 1.00 bits per heavy atom. The number of halogens is 1. The van der Waals surface area contributed by atoms with Gasteiger partial charge in [0.1, 0.15) is 0 Å². The van der Waals surface area contributed by atoms with E-state index in [9.17, 15) is 9.59 Å². The summed E-state index contributed by atoms with van der Waals surface area (Å²) in [7, 11) is 3.26. The number of rotatable bonds is 4. The molecule has 1 atom stereocenters. The van der Waals surface area contributed by atoms with Crippen LogP contribution in [0.25, 0.3) is 0 Å². The molecule has 0 aliphatic rings. The minimum absolute atomic E-state index is 0.281. The van der Waals surface area contributed by atoms with Crippen molar-refractivity contribution in [2.24, 2.45) is 0 Å². The Labute approximate surface area is 137 Å². The van der Waals surface area contributed by atoms with E-state index in [-0.39, 0.29) is 5.91 Å². The summed E-state index contributed by atoms with van der Waals surface area (Å²) in [6.45, 7) is 0. The Kier molecular flexibility index (Phi) is 5.33. The zero-order valence-electron chi connectivity index (χ0n) is 12.3. The molecule has 0 fully saturated rings. The van der Waals surface area contributed by atoms with Crippen LogP contribution in [0.15, 0.2) is 59.1 Å². The minimum Gasteiger partial charge on any atom is -0.444 e. The summed E-state index contributed by atoms with van der Waals surface area (Å²) >= 11 is 3.31. The fourth-order valence-corrected chi connectivity index (χ4v) is 2.15. The van der Waals surface area contributed by atoms with Crippen LogP contribution in [0.1, 0.15) is 22.0 Å². The second-order valence-electron chi connectivity index (χ2n) is 4.94. The topological polar surface area (TPSA) is 46.6 Å². The molecule has 0 heterocycles. The van der Waals surface area contributed by atoms with Crippen molar-refractivity contribution in [2.45, 2.75) is 6.10 Å². The minimum atomic E-state index is -0.952. The molecule has 0 spiro atoms. The molecule has 2 aromatic rings. The molecule has 5 heteroatoms. The molecular weight excluding hydrogens is 346 g/mol. The van der Waals surface area contributed by atoms with Crippen LogP contribution >= 0.6 is 15.9 Å². The summed E-state index contributed by atoms with van der Waals surface area (Å²) in [6.07, 6.45) is -0.952. The van der Waals surface area contributed by atoms with Crippen LogP contribution in [0.4, 0.5) is 0 Å². The zero-order chi connectivity index (χ0) is 16.1. The molecule has 114 valence electrons. The summed E-state index contributed by atoms with van der Waals surface area (Å²) < 4.78 is 6.31. The van der Waals surface area contributed by atoms with Gasteiger partial charge in [-0.1, -0.05) is 46.3 Å². The summed E-state index contributed by atoms with van der Waals surface area (Å²) in [6, 6.07) is 15.8. The second kappa shape index (κ2) is 7.22. The molecule has 0 aliphatic carbocycles. The lowest BCUT2D eigenvalue weighted by atomic mass is 10.1. The molecule has 0 aliphatic heterocycles. The van der Waals surface area contributed by atoms with Crippen molar-refractivity contribution >= 4 is 27.8 Å². The average molecular weight is 362 g/mol. The maximum absolute atomic E-state index is 12.3. The van der Waals surface area contributed by atoms with Gasteiger partial charge in [0.05, 0.1) is 5.56 Å². The summed E-state index contributed by atoms with van der Waals surface area (Å²) in [5, 5.41) is 0. The van der Waals surface area contributed by atoms with Gasteiger partial charge < -0.3 is 9.64 Å². The van der Waals surface area contributed by atoms with Crippen molar-refractivity contribution in [3.05, 3.63) is 70.2 Å². The van der Waals surface area contributed by atoms with E-state index in [1.54, 1.807) is 62.6 Å². The first-order valence-corrected chi connectivity index (χ1v) is 7.51. The van der Waals surface area contributed by atoms with Crippen LogP contribution in [0.2, 0.25) is 0 Å². The highest BCUT2D eigenvalue weighted by Crippen LogP contribution is 2.21. The number of hydrogen-bond acceptors (Lipinski definition) is 3. The van der Waals surface area contributed by atoms with Gasteiger partial charge in [0.25, 0.3) is 5.91 Å². The van der Waals surface area contributed by atoms with E-state index in [1.165, 1.54) is 4.90 Å². The third-order valence-corrected chi connectivity index (χ3v) is 3.60. The van der Waals surface area contributed by atoms with E-state index in [4.69, 9.17) is 4.74 Å². The van der Waals surface area contributed by atoms with Gasteiger partial charge in [0.15, 0.2) is 0 Å². The van der Waals surface area contributed by atoms with Crippen molar-refractivity contribution in [3.8, 4) is 0 Å². The summed E-state index contributed by atoms with van der Waals surface area (Å²) in [4.78, 5) is 26.0. The molecule has 22 heavy (non-hydrogen) atoms. The number of carbonyl (C=O) groups is 2. The Hall–Kier alpha value is -2.14. The number of likely N-dealkylation sites (N-methyl/N-ethyl adjacent to an activating group) is 1. The number of ether oxygens (including phenoxy) is 1. The lowest BCUT2D eigenvalue weighted by Gasteiger charge is -2.21. The van der Waals surface area contributed by atoms with Gasteiger partial charge in [-0.2, -0.15) is 0 Å². The van der Waals surface area contributed by atoms with Gasteiger partial charge in [-0.05, 0) is 24.3 Å². The maximum atomic E-state index is 12.3. The standard InChI is InChI=1S/C17H16BrNO3/c1-19(2)16(20)15(12-6-4-3-5-7-12)22-17(21)13-8-10-14(18)11-9-13/h3-11,15H,1-2H3. The normalized spacial score (nSPS) is 11.6. The second-order valence-corrected chi connectivity index (χ2v) is 5.85. The first-order chi connectivity index (χ1) is 10.5. The maximum Gasteiger partial charge on any atom is 0.339 e. The quantitative estimate of drug-likeness (QED) is 0.783. The highest BCUT2D eigenvalue weighted by Gasteiger charge is 2.26. The van der Waals surface area contributed by atoms with Crippen LogP contribution in [-0.4, -0.2) is 30.9 Å². The van der Waals surface area contributed by atoms with Crippen LogP contribution in [0, 0.1) is 0 Å². The van der Waals surface area contributed by atoms with Crippen molar-refractivity contribution in [1.29, 1.82) is 0 Å². The highest BCUT2D eigenvalue weighted by molar-refractivity contribution is 9.10. The molecule has 2 rings (SSSR count). The smallest absolute Gasteiger partial charge is 0.339 e. The summed E-state index contributed by atoms with van der Waals surface area (Å²) in [5.74, 6) is -0.812. The predicted octanol–water partition coefficient (Wildman–Crippen LogP) is 3.44. The van der Waals surface area contributed by atoms with E-state index in [0.29, 0.717) is 11.1 Å². The molecule has 4 nitrogen and oxygen atoms in total. The summed E-state index contributed by atoms with van der Waals surface area (Å²) in [5.41, 5.74) is 1.04. The lowest BCUT2D eigenvalue weighted by Crippen LogP contribution is -2.31. The average Bonchev–Trinajstić information content (AvgIpc) is 2.53. The van der Waals surface area contributed by atoms with Crippen LogP contribution in [-0.2, 0) is 9.53 Å². The van der Waals surface area contributed by atoms with Gasteiger partial charge in [-0.3, -0.25) is 4.79 Å². The third-order valence-electron chi connectivity index (χ3n) is 3.07. The van der Waals surface area contributed by atoms with Crippen LogP contribution < -0.4 is 0 Å². The van der Waals surface area contributed by atoms with Gasteiger partial charge in [0.2, 0.25) is 6.10 Å². The van der Waals surface area contributed by atoms with E-state index in [2.05, 4.69) is 15.9 Å². The first kappa shape index (κ1) is 16.2. The number of amides is 1. The number of hydrogen-bond donors (Lipinski definition) is 0. The monoisotopic (exact) mass is 361 g/mol. The molecule has 0 saturated carbocycles. The number of benzene rings is 2. The number of esters is 1. The molecule has 1 unspecified atom stereocenters. The Morgan fingerprint density at radius 3 is 2.14 bits per heavy atom. The van der Waals surface area contributed by atoms with Gasteiger partial charge in [0, 0.05) is 24.1 Å². The molecule has 0 saturated heterocycles. The predicted molar refractivity (Wildman–Crippen MR) is 87.4 cm³/mol. The van der Waals surface area contributed by atoms with Gasteiger partial charge >= 0.3 is 5.97 Å². The third kappa shape index (κ3) is 3.95.